The van der Waals surface area contributed by atoms with Crippen LogP contribution in [0.25, 0.3) is 28.4 Å². The Bertz CT molecular complexity index is 1020. The van der Waals surface area contributed by atoms with Crippen molar-refractivity contribution in [2.24, 2.45) is 0 Å². The standard InChI is InChI=1S/C18H16N4O2/c1-11-3-8-15(24-11)18-20-17-10-13(9-16(19)22(17)21-18)12-4-6-14(23-2)7-5-12/h3-10H,19H2,1-2H3. The predicted octanol–water partition coefficient (Wildman–Crippen LogP) is 3.56. The molecule has 0 saturated heterocycles. The van der Waals surface area contributed by atoms with Gasteiger partial charge in [0.25, 0.3) is 0 Å². The molecular formula is C18H16N4O2. The highest BCUT2D eigenvalue weighted by Gasteiger charge is 2.13. The molecule has 24 heavy (non-hydrogen) atoms. The van der Waals surface area contributed by atoms with Crippen LogP contribution in [0.4, 0.5) is 5.82 Å². The molecule has 0 bridgehead atoms. The molecule has 0 aliphatic heterocycles. The van der Waals surface area contributed by atoms with Crippen LogP contribution in [0.5, 0.6) is 5.75 Å². The second kappa shape index (κ2) is 5.42. The van der Waals surface area contributed by atoms with E-state index in [2.05, 4.69) is 10.1 Å². The van der Waals surface area contributed by atoms with E-state index in [9.17, 15) is 0 Å². The molecule has 3 aromatic heterocycles. The average Bonchev–Trinajstić information content (AvgIpc) is 3.21. The lowest BCUT2D eigenvalue weighted by molar-refractivity contribution is 0.415. The first-order valence-electron chi connectivity index (χ1n) is 7.51. The van der Waals surface area contributed by atoms with E-state index in [4.69, 9.17) is 14.9 Å². The van der Waals surface area contributed by atoms with Crippen LogP contribution in [0.2, 0.25) is 0 Å². The number of anilines is 1. The summed E-state index contributed by atoms with van der Waals surface area (Å²) >= 11 is 0. The van der Waals surface area contributed by atoms with Crippen molar-refractivity contribution in [1.29, 1.82) is 0 Å². The zero-order chi connectivity index (χ0) is 16.7. The van der Waals surface area contributed by atoms with E-state index < -0.39 is 0 Å². The summed E-state index contributed by atoms with van der Waals surface area (Å²) in [6, 6.07) is 15.4. The quantitative estimate of drug-likeness (QED) is 0.624. The number of ether oxygens (including phenoxy) is 1. The lowest BCUT2D eigenvalue weighted by Gasteiger charge is -2.06. The van der Waals surface area contributed by atoms with Crippen LogP contribution in [0.3, 0.4) is 0 Å². The summed E-state index contributed by atoms with van der Waals surface area (Å²) in [6.07, 6.45) is 0. The van der Waals surface area contributed by atoms with E-state index in [1.807, 2.05) is 55.5 Å². The molecule has 6 nitrogen and oxygen atoms in total. The fourth-order valence-corrected chi connectivity index (χ4v) is 2.62. The highest BCUT2D eigenvalue weighted by atomic mass is 16.5. The Kier molecular flexibility index (Phi) is 3.23. The van der Waals surface area contributed by atoms with E-state index >= 15 is 0 Å². The Labute approximate surface area is 138 Å². The monoisotopic (exact) mass is 320 g/mol. The van der Waals surface area contributed by atoms with Gasteiger partial charge in [-0.2, -0.15) is 4.52 Å². The van der Waals surface area contributed by atoms with Gasteiger partial charge in [0.1, 0.15) is 17.3 Å². The molecule has 0 unspecified atom stereocenters. The summed E-state index contributed by atoms with van der Waals surface area (Å²) in [4.78, 5) is 4.53. The molecule has 3 heterocycles. The fraction of sp³-hybridized carbons (Fsp3) is 0.111. The summed E-state index contributed by atoms with van der Waals surface area (Å²) in [5.41, 5.74) is 8.82. The van der Waals surface area contributed by atoms with E-state index in [0.29, 0.717) is 23.0 Å². The highest BCUT2D eigenvalue weighted by Crippen LogP contribution is 2.27. The molecule has 6 heteroatoms. The Hall–Kier alpha value is -3.28. The zero-order valence-electron chi connectivity index (χ0n) is 13.4. The number of methoxy groups -OCH3 is 1. The van der Waals surface area contributed by atoms with Crippen LogP contribution < -0.4 is 10.5 Å². The SMILES string of the molecule is COc1ccc(-c2cc(N)n3nc(-c4ccc(C)o4)nc3c2)cc1. The number of nitrogen functional groups attached to an aromatic ring is 1. The van der Waals surface area contributed by atoms with Crippen LogP contribution in [0.15, 0.2) is 52.9 Å². The maximum atomic E-state index is 6.15. The van der Waals surface area contributed by atoms with E-state index in [0.717, 1.165) is 22.6 Å². The Morgan fingerprint density at radius 2 is 1.83 bits per heavy atom. The Morgan fingerprint density at radius 1 is 1.04 bits per heavy atom. The minimum absolute atomic E-state index is 0.514. The van der Waals surface area contributed by atoms with Crippen molar-refractivity contribution >= 4 is 11.5 Å². The molecule has 2 N–H and O–H groups in total. The number of nitrogens with two attached hydrogens (primary N) is 1. The van der Waals surface area contributed by atoms with E-state index in [1.165, 1.54) is 0 Å². The van der Waals surface area contributed by atoms with Gasteiger partial charge in [0, 0.05) is 0 Å². The molecule has 120 valence electrons. The van der Waals surface area contributed by atoms with Crippen molar-refractivity contribution < 1.29 is 9.15 Å². The van der Waals surface area contributed by atoms with Gasteiger partial charge in [-0.3, -0.25) is 0 Å². The number of nitrogens with zero attached hydrogens (tertiary/aromatic N) is 3. The van der Waals surface area contributed by atoms with Gasteiger partial charge in [-0.15, -0.1) is 5.10 Å². The van der Waals surface area contributed by atoms with E-state index in [-0.39, 0.29) is 0 Å². The highest BCUT2D eigenvalue weighted by molar-refractivity contribution is 5.72. The zero-order valence-corrected chi connectivity index (χ0v) is 13.4. The van der Waals surface area contributed by atoms with Crippen LogP contribution in [0.1, 0.15) is 5.76 Å². The largest absolute Gasteiger partial charge is 0.497 e. The summed E-state index contributed by atoms with van der Waals surface area (Å²) in [7, 11) is 1.65. The van der Waals surface area contributed by atoms with Crippen LogP contribution in [-0.4, -0.2) is 21.7 Å². The molecule has 0 atom stereocenters. The first kappa shape index (κ1) is 14.3. The number of fused-ring (bicyclic) bond motifs is 1. The smallest absolute Gasteiger partial charge is 0.217 e. The summed E-state index contributed by atoms with van der Waals surface area (Å²) in [5, 5.41) is 4.42. The third kappa shape index (κ3) is 2.38. The van der Waals surface area contributed by atoms with Gasteiger partial charge in [-0.25, -0.2) is 4.98 Å². The minimum Gasteiger partial charge on any atom is -0.497 e. The molecule has 0 saturated carbocycles. The molecular weight excluding hydrogens is 304 g/mol. The normalized spacial score (nSPS) is 11.1. The van der Waals surface area contributed by atoms with Crippen molar-refractivity contribution in [3.63, 3.8) is 0 Å². The van der Waals surface area contributed by atoms with Gasteiger partial charge in [0.05, 0.1) is 7.11 Å². The molecule has 4 aromatic rings. The number of rotatable bonds is 3. The number of aromatic nitrogens is 3. The molecule has 0 amide bonds. The lowest BCUT2D eigenvalue weighted by atomic mass is 10.1. The maximum absolute atomic E-state index is 6.15. The first-order valence-corrected chi connectivity index (χ1v) is 7.51. The first-order chi connectivity index (χ1) is 11.6. The number of hydrogen-bond donors (Lipinski definition) is 1. The third-order valence-electron chi connectivity index (χ3n) is 3.85. The van der Waals surface area contributed by atoms with E-state index in [1.54, 1.807) is 11.6 Å². The molecule has 4 rings (SSSR count). The topological polar surface area (TPSA) is 78.6 Å². The van der Waals surface area contributed by atoms with Gasteiger partial charge >= 0.3 is 0 Å². The van der Waals surface area contributed by atoms with Crippen molar-refractivity contribution in [3.05, 3.63) is 54.3 Å². The molecule has 0 aliphatic rings. The van der Waals surface area contributed by atoms with Gasteiger partial charge in [-0.05, 0) is 54.4 Å². The van der Waals surface area contributed by atoms with Crippen molar-refractivity contribution in [2.45, 2.75) is 6.92 Å². The maximum Gasteiger partial charge on any atom is 0.217 e. The summed E-state index contributed by atoms with van der Waals surface area (Å²) < 4.78 is 12.4. The Morgan fingerprint density at radius 3 is 2.50 bits per heavy atom. The molecule has 0 radical (unpaired) electrons. The average molecular weight is 320 g/mol. The molecule has 0 aliphatic carbocycles. The number of pyridine rings is 1. The second-order valence-electron chi connectivity index (χ2n) is 5.51. The number of aryl methyl sites for hydroxylation is 1. The summed E-state index contributed by atoms with van der Waals surface area (Å²) in [6.45, 7) is 1.88. The minimum atomic E-state index is 0.514. The van der Waals surface area contributed by atoms with Crippen LogP contribution in [0, 0.1) is 6.92 Å². The van der Waals surface area contributed by atoms with Crippen LogP contribution >= 0.6 is 0 Å². The van der Waals surface area contributed by atoms with Crippen LogP contribution in [-0.2, 0) is 0 Å². The van der Waals surface area contributed by atoms with Crippen molar-refractivity contribution in [3.8, 4) is 28.5 Å². The molecule has 0 spiro atoms. The number of furan rings is 1. The Balaban J connectivity index is 1.81. The van der Waals surface area contributed by atoms with Gasteiger partial charge in [0.15, 0.2) is 11.4 Å². The lowest BCUT2D eigenvalue weighted by Crippen LogP contribution is -1.99. The summed E-state index contributed by atoms with van der Waals surface area (Å²) in [5.74, 6) is 3.28. The van der Waals surface area contributed by atoms with Gasteiger partial charge < -0.3 is 14.9 Å². The molecule has 0 fully saturated rings. The second-order valence-corrected chi connectivity index (χ2v) is 5.51. The van der Waals surface area contributed by atoms with Gasteiger partial charge in [0.2, 0.25) is 5.82 Å². The molecule has 1 aromatic carbocycles. The fourth-order valence-electron chi connectivity index (χ4n) is 2.62. The van der Waals surface area contributed by atoms with Gasteiger partial charge in [-0.1, -0.05) is 12.1 Å². The number of hydrogen-bond acceptors (Lipinski definition) is 5. The third-order valence-corrected chi connectivity index (χ3v) is 3.85. The predicted molar refractivity (Wildman–Crippen MR) is 91.8 cm³/mol. The van der Waals surface area contributed by atoms with Crippen molar-refractivity contribution in [1.82, 2.24) is 14.6 Å². The number of benzene rings is 1. The van der Waals surface area contributed by atoms with Crippen molar-refractivity contribution in [2.75, 3.05) is 12.8 Å².